The van der Waals surface area contributed by atoms with Crippen molar-refractivity contribution in [2.45, 2.75) is 51.0 Å². The van der Waals surface area contributed by atoms with Gasteiger partial charge in [-0.05, 0) is 62.0 Å². The van der Waals surface area contributed by atoms with Gasteiger partial charge in [-0.15, -0.1) is 0 Å². The second kappa shape index (κ2) is 16.9. The number of carbonyl (C=O) groups excluding carboxylic acids is 1. The van der Waals surface area contributed by atoms with Crippen molar-refractivity contribution in [2.24, 2.45) is 0 Å². The molecule has 0 saturated carbocycles. The van der Waals surface area contributed by atoms with E-state index in [4.69, 9.17) is 14.2 Å². The van der Waals surface area contributed by atoms with Crippen molar-refractivity contribution in [3.63, 3.8) is 0 Å². The first-order valence-electron chi connectivity index (χ1n) is 14.9. The lowest BCUT2D eigenvalue weighted by molar-refractivity contribution is -0.0225. The van der Waals surface area contributed by atoms with Crippen LogP contribution in [0.15, 0.2) is 78.9 Å². The van der Waals surface area contributed by atoms with Crippen LogP contribution in [0, 0.1) is 0 Å². The Balaban J connectivity index is 1.50. The van der Waals surface area contributed by atoms with E-state index in [1.54, 1.807) is 12.1 Å². The van der Waals surface area contributed by atoms with Crippen LogP contribution in [-0.4, -0.2) is 84.7 Å². The van der Waals surface area contributed by atoms with Crippen LogP contribution in [0.25, 0.3) is 0 Å². The lowest BCUT2D eigenvalue weighted by Gasteiger charge is -2.31. The van der Waals surface area contributed by atoms with Gasteiger partial charge in [0, 0.05) is 32.2 Å². The summed E-state index contributed by atoms with van der Waals surface area (Å²) in [7, 11) is 1.36. The Morgan fingerprint density at radius 3 is 1.62 bits per heavy atom. The fourth-order valence-electron chi connectivity index (χ4n) is 5.15. The van der Waals surface area contributed by atoms with Crippen molar-refractivity contribution < 1.29 is 29.2 Å². The van der Waals surface area contributed by atoms with Gasteiger partial charge in [-0.2, -0.15) is 0 Å². The van der Waals surface area contributed by atoms with Gasteiger partial charge in [-0.3, -0.25) is 9.80 Å². The number of rotatable bonds is 5. The molecule has 0 saturated heterocycles. The number of hydrogen-bond donors (Lipinski definition) is 2. The van der Waals surface area contributed by atoms with Crippen LogP contribution in [0.5, 0.6) is 11.5 Å². The Morgan fingerprint density at radius 1 is 0.738 bits per heavy atom. The molecule has 1 aliphatic heterocycles. The van der Waals surface area contributed by atoms with Crippen LogP contribution in [-0.2, 0) is 17.8 Å². The van der Waals surface area contributed by atoms with Crippen molar-refractivity contribution >= 4 is 5.97 Å². The summed E-state index contributed by atoms with van der Waals surface area (Å²) in [5.74, 6) is 0.702. The smallest absolute Gasteiger partial charge is 0.338 e. The van der Waals surface area contributed by atoms with Crippen LogP contribution >= 0.6 is 0 Å². The van der Waals surface area contributed by atoms with Gasteiger partial charge >= 0.3 is 5.97 Å². The number of fused-ring (bicyclic) bond motifs is 2. The maximum absolute atomic E-state index is 12.3. The summed E-state index contributed by atoms with van der Waals surface area (Å²) in [6, 6.07) is 25.5. The number of β-amino-alcohol motifs (C(OH)–C–C–N with tert-alkyl or cyclic N) is 2. The number of hydrogen-bond acceptors (Lipinski definition) is 8. The zero-order chi connectivity index (χ0) is 29.6. The van der Waals surface area contributed by atoms with Crippen molar-refractivity contribution in [2.75, 3.05) is 46.5 Å². The fourth-order valence-corrected chi connectivity index (χ4v) is 5.15. The van der Waals surface area contributed by atoms with E-state index in [1.807, 2.05) is 42.5 Å². The third-order valence-corrected chi connectivity index (χ3v) is 7.41. The minimum absolute atomic E-state index is 0.370. The van der Waals surface area contributed by atoms with Gasteiger partial charge in [-0.1, -0.05) is 60.7 Å². The van der Waals surface area contributed by atoms with Gasteiger partial charge in [0.2, 0.25) is 0 Å². The maximum atomic E-state index is 12.3. The molecule has 0 aliphatic carbocycles. The first-order chi connectivity index (χ1) is 20.5. The monoisotopic (exact) mass is 576 g/mol. The molecule has 2 N–H and O–H groups in total. The van der Waals surface area contributed by atoms with Crippen LogP contribution in [0.3, 0.4) is 0 Å². The summed E-state index contributed by atoms with van der Waals surface area (Å²) >= 11 is 0. The van der Waals surface area contributed by atoms with E-state index in [-0.39, 0.29) is 0 Å². The molecular weight excluding hydrogens is 532 g/mol. The molecule has 42 heavy (non-hydrogen) atoms. The molecule has 1 aliphatic rings. The van der Waals surface area contributed by atoms with E-state index in [9.17, 15) is 15.0 Å². The summed E-state index contributed by atoms with van der Waals surface area (Å²) in [6.07, 6.45) is 1.49. The number of methoxy groups -OCH3 is 1. The minimum Gasteiger partial charge on any atom is -0.493 e. The van der Waals surface area contributed by atoms with E-state index >= 15 is 0 Å². The van der Waals surface area contributed by atoms with Crippen LogP contribution in [0.1, 0.15) is 47.2 Å². The predicted octanol–water partition coefficient (Wildman–Crippen LogP) is 4.53. The molecule has 8 nitrogen and oxygen atoms in total. The van der Waals surface area contributed by atoms with Crippen LogP contribution < -0.4 is 9.47 Å². The van der Waals surface area contributed by atoms with Crippen molar-refractivity contribution in [1.82, 2.24) is 9.80 Å². The first kappa shape index (κ1) is 31.5. The number of aliphatic hydroxyl groups is 2. The molecule has 1 heterocycles. The molecule has 4 rings (SSSR count). The average molecular weight is 577 g/mol. The molecule has 0 aromatic heterocycles. The van der Waals surface area contributed by atoms with Gasteiger partial charge in [-0.25, -0.2) is 4.79 Å². The average Bonchev–Trinajstić information content (AvgIpc) is 3.00. The molecule has 0 amide bonds. The summed E-state index contributed by atoms with van der Waals surface area (Å²) in [5.41, 5.74) is 2.71. The van der Waals surface area contributed by atoms with Gasteiger partial charge in [0.25, 0.3) is 0 Å². The maximum Gasteiger partial charge on any atom is 0.338 e. The van der Waals surface area contributed by atoms with E-state index in [0.29, 0.717) is 56.5 Å². The van der Waals surface area contributed by atoms with Crippen molar-refractivity contribution in [1.29, 1.82) is 0 Å². The third kappa shape index (κ3) is 10.4. The number of nitrogens with zero attached hydrogens (tertiary/aromatic N) is 2. The van der Waals surface area contributed by atoms with Gasteiger partial charge in [0.05, 0.1) is 38.1 Å². The van der Waals surface area contributed by atoms with Crippen LogP contribution in [0.2, 0.25) is 0 Å². The van der Waals surface area contributed by atoms with Crippen LogP contribution in [0.4, 0.5) is 0 Å². The van der Waals surface area contributed by atoms with Crippen molar-refractivity contribution in [3.8, 4) is 11.5 Å². The highest BCUT2D eigenvalue weighted by atomic mass is 16.5. The minimum atomic E-state index is -0.883. The highest BCUT2D eigenvalue weighted by Gasteiger charge is 2.23. The summed E-state index contributed by atoms with van der Waals surface area (Å²) < 4.78 is 16.9. The lowest BCUT2D eigenvalue weighted by Crippen LogP contribution is -2.45. The number of benzene rings is 3. The molecular formula is C34H44N2O6. The standard InChI is InChI=1S/C34H44N2O6/c1-40-34(39)29-20-30-22-31(21-29)42-19-11-9-17-36(24-28-14-6-3-7-15-28)26-33(38)32(37)25-35(16-8-10-18-41-30)23-27-12-4-2-5-13-27/h2-7,12-15,20-22,32-33,37-38H,8-11,16-19,23-26H2,1H3/t32-,33-/m0/s1. The molecule has 3 aromatic rings. The largest absolute Gasteiger partial charge is 0.493 e. The Hall–Kier alpha value is -3.43. The number of ether oxygens (including phenoxy) is 3. The third-order valence-electron chi connectivity index (χ3n) is 7.41. The molecule has 0 unspecified atom stereocenters. The first-order valence-corrected chi connectivity index (χ1v) is 14.9. The van der Waals surface area contributed by atoms with E-state index in [0.717, 1.165) is 49.9 Å². The summed E-state index contributed by atoms with van der Waals surface area (Å²) in [6.45, 7) is 4.54. The fraction of sp³-hybridized carbons (Fsp3) is 0.441. The summed E-state index contributed by atoms with van der Waals surface area (Å²) in [4.78, 5) is 16.7. The highest BCUT2D eigenvalue weighted by molar-refractivity contribution is 5.90. The highest BCUT2D eigenvalue weighted by Crippen LogP contribution is 2.24. The second-order valence-electron chi connectivity index (χ2n) is 10.9. The predicted molar refractivity (Wildman–Crippen MR) is 163 cm³/mol. The number of aliphatic hydroxyl groups excluding tert-OH is 2. The molecule has 2 bridgehead atoms. The molecule has 0 fully saturated rings. The Bertz CT molecular complexity index is 1130. The Morgan fingerprint density at radius 2 is 1.19 bits per heavy atom. The Labute approximate surface area is 249 Å². The molecule has 0 radical (unpaired) electrons. The molecule has 226 valence electrons. The number of esters is 1. The molecule has 0 spiro atoms. The zero-order valence-electron chi connectivity index (χ0n) is 24.6. The van der Waals surface area contributed by atoms with E-state index < -0.39 is 18.2 Å². The summed E-state index contributed by atoms with van der Waals surface area (Å²) in [5, 5.41) is 22.2. The topological polar surface area (TPSA) is 91.7 Å². The zero-order valence-corrected chi connectivity index (χ0v) is 24.6. The SMILES string of the molecule is COC(=O)c1cc2cc(c1)OCCCCN(Cc1ccccc1)C[C@H](O)[C@@H](O)CN(Cc1ccccc1)CCCCO2. The molecule has 3 aromatic carbocycles. The van der Waals surface area contributed by atoms with E-state index in [2.05, 4.69) is 34.1 Å². The molecule has 2 atom stereocenters. The van der Waals surface area contributed by atoms with Gasteiger partial charge < -0.3 is 24.4 Å². The lowest BCUT2D eigenvalue weighted by atomic mass is 10.1. The van der Waals surface area contributed by atoms with Crippen molar-refractivity contribution in [3.05, 3.63) is 95.6 Å². The quantitative estimate of drug-likeness (QED) is 0.428. The second-order valence-corrected chi connectivity index (χ2v) is 10.9. The normalized spacial score (nSPS) is 20.3. The molecule has 8 heteroatoms. The Kier molecular flexibility index (Phi) is 12.7. The van der Waals surface area contributed by atoms with Gasteiger partial charge in [0.15, 0.2) is 0 Å². The van der Waals surface area contributed by atoms with Gasteiger partial charge in [0.1, 0.15) is 11.5 Å². The number of carbonyl (C=O) groups is 1. The van der Waals surface area contributed by atoms with E-state index in [1.165, 1.54) is 7.11 Å².